The Morgan fingerprint density at radius 1 is 1.47 bits per heavy atom. The fraction of sp³-hybridized carbons (Fsp3) is 0.571. The minimum atomic E-state index is -0.256. The van der Waals surface area contributed by atoms with Crippen molar-refractivity contribution in [3.63, 3.8) is 0 Å². The number of hydrogen-bond donors (Lipinski definition) is 2. The second-order valence-corrected chi connectivity index (χ2v) is 4.69. The van der Waals surface area contributed by atoms with Gasteiger partial charge < -0.3 is 25.3 Å². The Morgan fingerprint density at radius 2 is 2.32 bits per heavy atom. The minimum absolute atomic E-state index is 0.256. The number of para-hydroxylation sites is 1. The molecule has 5 nitrogen and oxygen atoms in total. The molecule has 0 bridgehead atoms. The highest BCUT2D eigenvalue weighted by Crippen LogP contribution is 2.31. The molecule has 1 aromatic carbocycles. The lowest BCUT2D eigenvalue weighted by atomic mass is 10.0. The SMILES string of the molecule is CCOc1cccc(NCC2(OC)CCOC2)c1N. The summed E-state index contributed by atoms with van der Waals surface area (Å²) in [7, 11) is 1.72. The predicted octanol–water partition coefficient (Wildman–Crippen LogP) is 1.88. The van der Waals surface area contributed by atoms with Crippen molar-refractivity contribution in [1.82, 2.24) is 0 Å². The van der Waals surface area contributed by atoms with Crippen molar-refractivity contribution in [3.8, 4) is 5.75 Å². The zero-order valence-electron chi connectivity index (χ0n) is 11.6. The molecule has 1 unspecified atom stereocenters. The van der Waals surface area contributed by atoms with Gasteiger partial charge in [0.25, 0.3) is 0 Å². The van der Waals surface area contributed by atoms with E-state index in [1.165, 1.54) is 0 Å². The summed E-state index contributed by atoms with van der Waals surface area (Å²) >= 11 is 0. The first-order valence-corrected chi connectivity index (χ1v) is 6.59. The lowest BCUT2D eigenvalue weighted by Gasteiger charge is -2.27. The van der Waals surface area contributed by atoms with Gasteiger partial charge in [0.2, 0.25) is 0 Å². The van der Waals surface area contributed by atoms with Crippen LogP contribution in [-0.4, -0.2) is 39.1 Å². The summed E-state index contributed by atoms with van der Waals surface area (Å²) in [5.41, 5.74) is 7.33. The van der Waals surface area contributed by atoms with Gasteiger partial charge in [-0.25, -0.2) is 0 Å². The number of hydrogen-bond acceptors (Lipinski definition) is 5. The number of nitrogen functional groups attached to an aromatic ring is 1. The molecule has 19 heavy (non-hydrogen) atoms. The van der Waals surface area contributed by atoms with Crippen LogP contribution in [0.15, 0.2) is 18.2 Å². The van der Waals surface area contributed by atoms with E-state index in [2.05, 4.69) is 5.32 Å². The molecule has 5 heteroatoms. The minimum Gasteiger partial charge on any atom is -0.492 e. The quantitative estimate of drug-likeness (QED) is 0.770. The van der Waals surface area contributed by atoms with Crippen LogP contribution in [0.4, 0.5) is 11.4 Å². The predicted molar refractivity (Wildman–Crippen MR) is 75.7 cm³/mol. The number of nitrogens with one attached hydrogen (secondary N) is 1. The van der Waals surface area contributed by atoms with E-state index in [1.54, 1.807) is 7.11 Å². The van der Waals surface area contributed by atoms with Gasteiger partial charge in [0.1, 0.15) is 11.4 Å². The fourth-order valence-corrected chi connectivity index (χ4v) is 2.20. The third-order valence-corrected chi connectivity index (χ3v) is 3.47. The van der Waals surface area contributed by atoms with Crippen LogP contribution < -0.4 is 15.8 Å². The van der Waals surface area contributed by atoms with Crippen molar-refractivity contribution in [3.05, 3.63) is 18.2 Å². The molecule has 106 valence electrons. The monoisotopic (exact) mass is 266 g/mol. The molecule has 1 aliphatic rings. The van der Waals surface area contributed by atoms with Gasteiger partial charge in [-0.3, -0.25) is 0 Å². The van der Waals surface area contributed by atoms with Crippen LogP contribution >= 0.6 is 0 Å². The summed E-state index contributed by atoms with van der Waals surface area (Å²) in [6.07, 6.45) is 0.890. The van der Waals surface area contributed by atoms with Crippen molar-refractivity contribution in [2.24, 2.45) is 0 Å². The largest absolute Gasteiger partial charge is 0.492 e. The molecule has 0 saturated carbocycles. The van der Waals surface area contributed by atoms with Gasteiger partial charge in [0.15, 0.2) is 0 Å². The van der Waals surface area contributed by atoms with Crippen LogP contribution in [0.25, 0.3) is 0 Å². The first-order chi connectivity index (χ1) is 9.21. The van der Waals surface area contributed by atoms with Crippen LogP contribution in [0.1, 0.15) is 13.3 Å². The van der Waals surface area contributed by atoms with Gasteiger partial charge in [-0.2, -0.15) is 0 Å². The molecule has 1 aliphatic heterocycles. The molecule has 1 fully saturated rings. The van der Waals surface area contributed by atoms with E-state index in [-0.39, 0.29) is 5.60 Å². The standard InChI is InChI=1S/C14H22N2O3/c1-3-19-12-6-4-5-11(13(12)15)16-9-14(17-2)7-8-18-10-14/h4-6,16H,3,7-10,15H2,1-2H3. The van der Waals surface area contributed by atoms with Crippen molar-refractivity contribution in [2.75, 3.05) is 44.5 Å². The van der Waals surface area contributed by atoms with Crippen molar-refractivity contribution < 1.29 is 14.2 Å². The zero-order chi connectivity index (χ0) is 13.7. The number of methoxy groups -OCH3 is 1. The molecule has 0 amide bonds. The number of benzene rings is 1. The third kappa shape index (κ3) is 3.11. The van der Waals surface area contributed by atoms with E-state index >= 15 is 0 Å². The molecule has 1 heterocycles. The molecule has 1 saturated heterocycles. The van der Waals surface area contributed by atoms with Crippen molar-refractivity contribution in [1.29, 1.82) is 0 Å². The maximum absolute atomic E-state index is 6.08. The third-order valence-electron chi connectivity index (χ3n) is 3.47. The smallest absolute Gasteiger partial charge is 0.144 e. The zero-order valence-corrected chi connectivity index (χ0v) is 11.6. The normalized spacial score (nSPS) is 22.4. The van der Waals surface area contributed by atoms with Gasteiger partial charge in [0.05, 0.1) is 24.6 Å². The van der Waals surface area contributed by atoms with Gasteiger partial charge in [-0.15, -0.1) is 0 Å². The van der Waals surface area contributed by atoms with Crippen LogP contribution in [0.5, 0.6) is 5.75 Å². The first kappa shape index (κ1) is 14.0. The number of ether oxygens (including phenoxy) is 3. The first-order valence-electron chi connectivity index (χ1n) is 6.59. The number of nitrogens with two attached hydrogens (primary N) is 1. The fourth-order valence-electron chi connectivity index (χ4n) is 2.20. The van der Waals surface area contributed by atoms with Gasteiger partial charge in [0, 0.05) is 26.7 Å². The molecule has 0 aliphatic carbocycles. The highest BCUT2D eigenvalue weighted by Gasteiger charge is 2.34. The summed E-state index contributed by atoms with van der Waals surface area (Å²) in [4.78, 5) is 0. The van der Waals surface area contributed by atoms with Crippen molar-refractivity contribution in [2.45, 2.75) is 18.9 Å². The second kappa shape index (κ2) is 6.12. The summed E-state index contributed by atoms with van der Waals surface area (Å²) in [5.74, 6) is 0.710. The lowest BCUT2D eigenvalue weighted by Crippen LogP contribution is -2.39. The van der Waals surface area contributed by atoms with Crippen LogP contribution in [0.2, 0.25) is 0 Å². The molecular formula is C14H22N2O3. The summed E-state index contributed by atoms with van der Waals surface area (Å²) in [6.45, 7) is 4.56. The molecular weight excluding hydrogens is 244 g/mol. The maximum Gasteiger partial charge on any atom is 0.144 e. The Kier molecular flexibility index (Phi) is 4.50. The molecule has 0 spiro atoms. The van der Waals surface area contributed by atoms with E-state index in [1.807, 2.05) is 25.1 Å². The molecule has 1 atom stereocenters. The Hall–Kier alpha value is -1.46. The molecule has 3 N–H and O–H groups in total. The van der Waals surface area contributed by atoms with E-state index in [4.69, 9.17) is 19.9 Å². The number of anilines is 2. The van der Waals surface area contributed by atoms with Gasteiger partial charge in [-0.05, 0) is 19.1 Å². The summed E-state index contributed by atoms with van der Waals surface area (Å²) in [5, 5.41) is 3.34. The van der Waals surface area contributed by atoms with E-state index in [9.17, 15) is 0 Å². The van der Waals surface area contributed by atoms with E-state index < -0.39 is 0 Å². The summed E-state index contributed by atoms with van der Waals surface area (Å²) < 4.78 is 16.5. The van der Waals surface area contributed by atoms with E-state index in [0.717, 1.165) is 18.7 Å². The highest BCUT2D eigenvalue weighted by molar-refractivity contribution is 5.73. The lowest BCUT2D eigenvalue weighted by molar-refractivity contribution is -0.00619. The van der Waals surface area contributed by atoms with Crippen LogP contribution in [0.3, 0.4) is 0 Å². The Bertz CT molecular complexity index is 417. The Labute approximate surface area is 114 Å². The topological polar surface area (TPSA) is 65.7 Å². The molecule has 0 aromatic heterocycles. The summed E-state index contributed by atoms with van der Waals surface area (Å²) in [6, 6.07) is 5.74. The highest BCUT2D eigenvalue weighted by atomic mass is 16.5. The van der Waals surface area contributed by atoms with Crippen LogP contribution in [0, 0.1) is 0 Å². The Balaban J connectivity index is 2.04. The maximum atomic E-state index is 6.08. The van der Waals surface area contributed by atoms with E-state index in [0.29, 0.717) is 31.2 Å². The Morgan fingerprint density at radius 3 is 2.95 bits per heavy atom. The second-order valence-electron chi connectivity index (χ2n) is 4.69. The van der Waals surface area contributed by atoms with Crippen molar-refractivity contribution >= 4 is 11.4 Å². The molecule has 2 rings (SSSR count). The average Bonchev–Trinajstić information content (AvgIpc) is 2.89. The molecule has 0 radical (unpaired) electrons. The average molecular weight is 266 g/mol. The van der Waals surface area contributed by atoms with Gasteiger partial charge in [-0.1, -0.05) is 6.07 Å². The number of rotatable bonds is 6. The van der Waals surface area contributed by atoms with Crippen LogP contribution in [-0.2, 0) is 9.47 Å². The molecule has 1 aromatic rings. The van der Waals surface area contributed by atoms with Gasteiger partial charge >= 0.3 is 0 Å².